The summed E-state index contributed by atoms with van der Waals surface area (Å²) in [6, 6.07) is 12.9. The van der Waals surface area contributed by atoms with E-state index in [-0.39, 0.29) is 5.70 Å². The fourth-order valence-electron chi connectivity index (χ4n) is 2.38. The van der Waals surface area contributed by atoms with Crippen LogP contribution in [0, 0.1) is 0 Å². The van der Waals surface area contributed by atoms with Crippen LogP contribution in [0.5, 0.6) is 11.5 Å². The van der Waals surface area contributed by atoms with Gasteiger partial charge in [0.05, 0.1) is 18.2 Å². The van der Waals surface area contributed by atoms with E-state index in [1.54, 1.807) is 19.3 Å². The van der Waals surface area contributed by atoms with Crippen molar-refractivity contribution in [2.24, 2.45) is 4.99 Å². The van der Waals surface area contributed by atoms with Crippen LogP contribution in [-0.4, -0.2) is 25.6 Å². The molecule has 0 unspecified atom stereocenters. The van der Waals surface area contributed by atoms with Crippen LogP contribution >= 0.6 is 15.9 Å². The molecular formula is C19H16BrNO4. The number of methoxy groups -OCH3 is 1. The average molecular weight is 402 g/mol. The summed E-state index contributed by atoms with van der Waals surface area (Å²) in [5, 5.41) is 0. The van der Waals surface area contributed by atoms with Gasteiger partial charge in [0.15, 0.2) is 17.2 Å². The Morgan fingerprint density at radius 2 is 2.00 bits per heavy atom. The van der Waals surface area contributed by atoms with Crippen molar-refractivity contribution in [3.8, 4) is 11.5 Å². The Balaban J connectivity index is 1.96. The minimum atomic E-state index is -0.483. The van der Waals surface area contributed by atoms with E-state index in [9.17, 15) is 4.79 Å². The number of aliphatic imine (C=N–C) groups is 1. The second-order valence-electron chi connectivity index (χ2n) is 5.17. The Hall–Kier alpha value is -2.60. The monoisotopic (exact) mass is 401 g/mol. The lowest BCUT2D eigenvalue weighted by Crippen LogP contribution is -2.04. The minimum Gasteiger partial charge on any atom is -0.493 e. The van der Waals surface area contributed by atoms with Crippen LogP contribution in [0.2, 0.25) is 0 Å². The molecule has 2 aromatic rings. The number of carbonyl (C=O) groups excluding carboxylic acids is 1. The summed E-state index contributed by atoms with van der Waals surface area (Å²) in [5.74, 6) is 1.01. The number of rotatable bonds is 5. The summed E-state index contributed by atoms with van der Waals surface area (Å²) in [4.78, 5) is 16.4. The number of hydrogen-bond acceptors (Lipinski definition) is 5. The van der Waals surface area contributed by atoms with Crippen molar-refractivity contribution in [1.82, 2.24) is 0 Å². The van der Waals surface area contributed by atoms with Gasteiger partial charge in [-0.25, -0.2) is 9.79 Å². The maximum absolute atomic E-state index is 12.1. The third-order valence-corrected chi connectivity index (χ3v) is 4.07. The molecule has 0 aromatic heterocycles. The number of benzene rings is 2. The highest BCUT2D eigenvalue weighted by Gasteiger charge is 2.24. The van der Waals surface area contributed by atoms with E-state index < -0.39 is 5.97 Å². The molecule has 0 bridgehead atoms. The number of cyclic esters (lactones) is 1. The van der Waals surface area contributed by atoms with Gasteiger partial charge in [-0.1, -0.05) is 18.2 Å². The molecule has 0 N–H and O–H groups in total. The highest BCUT2D eigenvalue weighted by atomic mass is 79.9. The second-order valence-corrected chi connectivity index (χ2v) is 6.02. The first-order valence-electron chi connectivity index (χ1n) is 7.70. The molecule has 0 spiro atoms. The van der Waals surface area contributed by atoms with Crippen LogP contribution in [0.3, 0.4) is 0 Å². The van der Waals surface area contributed by atoms with Crippen molar-refractivity contribution >= 4 is 33.9 Å². The number of esters is 1. The van der Waals surface area contributed by atoms with Crippen LogP contribution in [0.25, 0.3) is 6.08 Å². The van der Waals surface area contributed by atoms with E-state index in [4.69, 9.17) is 14.2 Å². The molecule has 1 heterocycles. The third kappa shape index (κ3) is 3.74. The maximum Gasteiger partial charge on any atom is 0.363 e. The first-order valence-corrected chi connectivity index (χ1v) is 8.50. The molecule has 0 saturated heterocycles. The van der Waals surface area contributed by atoms with Gasteiger partial charge in [0.1, 0.15) is 0 Å². The number of halogens is 1. The van der Waals surface area contributed by atoms with E-state index in [1.165, 1.54) is 0 Å². The molecule has 128 valence electrons. The van der Waals surface area contributed by atoms with Gasteiger partial charge >= 0.3 is 5.97 Å². The Kier molecular flexibility index (Phi) is 5.19. The fourth-order valence-corrected chi connectivity index (χ4v) is 2.95. The molecule has 0 fully saturated rings. The first kappa shape index (κ1) is 17.2. The van der Waals surface area contributed by atoms with E-state index in [1.807, 2.05) is 43.3 Å². The summed E-state index contributed by atoms with van der Waals surface area (Å²) in [6.45, 7) is 2.42. The predicted molar refractivity (Wildman–Crippen MR) is 98.9 cm³/mol. The zero-order valence-electron chi connectivity index (χ0n) is 13.8. The molecule has 2 aromatic carbocycles. The van der Waals surface area contributed by atoms with E-state index >= 15 is 0 Å². The van der Waals surface area contributed by atoms with Crippen LogP contribution in [0.4, 0.5) is 0 Å². The topological polar surface area (TPSA) is 57.1 Å². The number of hydrogen-bond donors (Lipinski definition) is 0. The summed E-state index contributed by atoms with van der Waals surface area (Å²) in [5.41, 5.74) is 1.74. The van der Waals surface area contributed by atoms with E-state index in [2.05, 4.69) is 20.9 Å². The van der Waals surface area contributed by atoms with Crippen LogP contribution in [0.1, 0.15) is 18.1 Å². The lowest BCUT2D eigenvalue weighted by Gasteiger charge is -2.12. The highest BCUT2D eigenvalue weighted by Crippen LogP contribution is 2.37. The molecule has 1 aliphatic heterocycles. The Morgan fingerprint density at radius 3 is 2.68 bits per heavy atom. The largest absolute Gasteiger partial charge is 0.493 e. The van der Waals surface area contributed by atoms with Crippen molar-refractivity contribution in [3.63, 3.8) is 0 Å². The van der Waals surface area contributed by atoms with Crippen LogP contribution in [-0.2, 0) is 9.53 Å². The fraction of sp³-hybridized carbons (Fsp3) is 0.158. The normalized spacial score (nSPS) is 15.1. The van der Waals surface area contributed by atoms with Crippen molar-refractivity contribution in [2.75, 3.05) is 13.7 Å². The minimum absolute atomic E-state index is 0.233. The quantitative estimate of drug-likeness (QED) is 0.556. The lowest BCUT2D eigenvalue weighted by molar-refractivity contribution is -0.129. The number of nitrogens with zero attached hydrogens (tertiary/aromatic N) is 1. The summed E-state index contributed by atoms with van der Waals surface area (Å²) < 4.78 is 16.9. The SMILES string of the molecule is CCOc1c(Br)cc(/C=C2/N=C(c3ccccc3)OC2=O)cc1OC. The molecule has 6 heteroatoms. The highest BCUT2D eigenvalue weighted by molar-refractivity contribution is 9.10. The smallest absolute Gasteiger partial charge is 0.363 e. The van der Waals surface area contributed by atoms with Gasteiger partial charge < -0.3 is 14.2 Å². The summed E-state index contributed by atoms with van der Waals surface area (Å²) in [6.07, 6.45) is 1.65. The molecular weight excluding hydrogens is 386 g/mol. The summed E-state index contributed by atoms with van der Waals surface area (Å²) in [7, 11) is 1.57. The van der Waals surface area contributed by atoms with Gasteiger partial charge in [-0.3, -0.25) is 0 Å². The van der Waals surface area contributed by atoms with E-state index in [0.29, 0.717) is 24.0 Å². The van der Waals surface area contributed by atoms with Gasteiger partial charge in [-0.15, -0.1) is 0 Å². The van der Waals surface area contributed by atoms with Gasteiger partial charge in [0.2, 0.25) is 5.90 Å². The van der Waals surface area contributed by atoms with Gasteiger partial charge in [-0.05, 0) is 58.8 Å². The standard InChI is InChI=1S/C19H16BrNO4/c1-3-24-17-14(20)9-12(11-16(17)23-2)10-15-19(22)25-18(21-15)13-7-5-4-6-8-13/h4-11H,3H2,1-2H3/b15-10+. The van der Waals surface area contributed by atoms with Crippen molar-refractivity contribution in [3.05, 3.63) is 63.8 Å². The molecule has 0 saturated carbocycles. The molecule has 0 amide bonds. The molecule has 0 atom stereocenters. The zero-order chi connectivity index (χ0) is 17.8. The molecule has 3 rings (SSSR count). The maximum atomic E-state index is 12.1. The lowest BCUT2D eigenvalue weighted by atomic mass is 10.1. The van der Waals surface area contributed by atoms with Crippen LogP contribution < -0.4 is 9.47 Å². The Morgan fingerprint density at radius 1 is 1.24 bits per heavy atom. The Labute approximate surface area is 154 Å². The van der Waals surface area contributed by atoms with Gasteiger partial charge in [0.25, 0.3) is 0 Å². The molecule has 0 radical (unpaired) electrons. The molecule has 5 nitrogen and oxygen atoms in total. The average Bonchev–Trinajstić information content (AvgIpc) is 2.98. The Bertz CT molecular complexity index is 859. The van der Waals surface area contributed by atoms with E-state index in [0.717, 1.165) is 15.6 Å². The zero-order valence-corrected chi connectivity index (χ0v) is 15.4. The third-order valence-electron chi connectivity index (χ3n) is 3.49. The molecule has 0 aliphatic carbocycles. The predicted octanol–water partition coefficient (Wildman–Crippen LogP) is 4.20. The molecule has 25 heavy (non-hydrogen) atoms. The van der Waals surface area contributed by atoms with Crippen molar-refractivity contribution in [1.29, 1.82) is 0 Å². The number of ether oxygens (including phenoxy) is 3. The van der Waals surface area contributed by atoms with Gasteiger partial charge in [-0.2, -0.15) is 0 Å². The second kappa shape index (κ2) is 7.53. The number of carbonyl (C=O) groups is 1. The van der Waals surface area contributed by atoms with Crippen molar-refractivity contribution in [2.45, 2.75) is 6.92 Å². The summed E-state index contributed by atoms with van der Waals surface area (Å²) >= 11 is 3.47. The van der Waals surface area contributed by atoms with Crippen LogP contribution in [0.15, 0.2) is 57.6 Å². The molecule has 1 aliphatic rings. The van der Waals surface area contributed by atoms with Gasteiger partial charge in [0, 0.05) is 5.56 Å². The van der Waals surface area contributed by atoms with Crippen molar-refractivity contribution < 1.29 is 19.0 Å². The first-order chi connectivity index (χ1) is 12.1.